The van der Waals surface area contributed by atoms with Crippen LogP contribution in [0.5, 0.6) is 0 Å². The summed E-state index contributed by atoms with van der Waals surface area (Å²) in [5.41, 5.74) is 1.78. The molecule has 1 fully saturated rings. The fourth-order valence-electron chi connectivity index (χ4n) is 2.53. The van der Waals surface area contributed by atoms with Gasteiger partial charge < -0.3 is 10.4 Å². The molecular weight excluding hydrogens is 290 g/mol. The highest BCUT2D eigenvalue weighted by Gasteiger charge is 2.27. The lowest BCUT2D eigenvalue weighted by Crippen LogP contribution is -2.36. The molecule has 0 heterocycles. The number of rotatable bonds is 3. The molecule has 0 aromatic heterocycles. The maximum atomic E-state index is 10.6. The van der Waals surface area contributed by atoms with Crippen LogP contribution in [0.3, 0.4) is 0 Å². The number of hydrogen-bond donors (Lipinski definition) is 2. The van der Waals surface area contributed by atoms with Gasteiger partial charge in [-0.2, -0.15) is 0 Å². The summed E-state index contributed by atoms with van der Waals surface area (Å²) in [6.45, 7) is 2.73. The standard InChI is InChI=1S/C15H22BrNO/c1-12-6-7-13(10-14(12)16)17-11-15(18)8-4-2-3-5-9-15/h6-7,10,17-18H,2-5,8-9,11H2,1H3. The first kappa shape index (κ1) is 13.9. The van der Waals surface area contributed by atoms with E-state index in [4.69, 9.17) is 0 Å². The Hall–Kier alpha value is -0.540. The van der Waals surface area contributed by atoms with Crippen LogP contribution in [0.1, 0.15) is 44.1 Å². The Kier molecular flexibility index (Phi) is 4.68. The minimum Gasteiger partial charge on any atom is -0.388 e. The van der Waals surface area contributed by atoms with Crippen molar-refractivity contribution in [2.24, 2.45) is 0 Å². The summed E-state index contributed by atoms with van der Waals surface area (Å²) in [4.78, 5) is 0. The van der Waals surface area contributed by atoms with Gasteiger partial charge in [-0.25, -0.2) is 0 Å². The van der Waals surface area contributed by atoms with E-state index >= 15 is 0 Å². The van der Waals surface area contributed by atoms with Gasteiger partial charge in [-0.1, -0.05) is 47.7 Å². The maximum absolute atomic E-state index is 10.6. The molecule has 2 N–H and O–H groups in total. The molecule has 100 valence electrons. The molecule has 0 saturated heterocycles. The number of benzene rings is 1. The van der Waals surface area contributed by atoms with E-state index in [2.05, 4.69) is 46.4 Å². The van der Waals surface area contributed by atoms with E-state index in [9.17, 15) is 5.11 Å². The number of aryl methyl sites for hydroxylation is 1. The zero-order valence-corrected chi connectivity index (χ0v) is 12.6. The number of halogens is 1. The van der Waals surface area contributed by atoms with Crippen molar-refractivity contribution >= 4 is 21.6 Å². The fraction of sp³-hybridized carbons (Fsp3) is 0.600. The van der Waals surface area contributed by atoms with Crippen molar-refractivity contribution in [3.8, 4) is 0 Å². The van der Waals surface area contributed by atoms with Gasteiger partial charge in [-0.15, -0.1) is 0 Å². The van der Waals surface area contributed by atoms with Crippen molar-refractivity contribution in [2.45, 2.75) is 51.0 Å². The minimum atomic E-state index is -0.520. The van der Waals surface area contributed by atoms with Crippen LogP contribution in [-0.2, 0) is 0 Å². The molecule has 1 aromatic rings. The van der Waals surface area contributed by atoms with Crippen molar-refractivity contribution in [2.75, 3.05) is 11.9 Å². The fourth-order valence-corrected chi connectivity index (χ4v) is 2.91. The van der Waals surface area contributed by atoms with E-state index in [-0.39, 0.29) is 0 Å². The van der Waals surface area contributed by atoms with Crippen LogP contribution in [-0.4, -0.2) is 17.3 Å². The van der Waals surface area contributed by atoms with Gasteiger partial charge in [-0.3, -0.25) is 0 Å². The summed E-state index contributed by atoms with van der Waals surface area (Å²) in [5.74, 6) is 0. The van der Waals surface area contributed by atoms with E-state index in [0.29, 0.717) is 6.54 Å². The first-order chi connectivity index (χ1) is 8.59. The lowest BCUT2D eigenvalue weighted by Gasteiger charge is -2.27. The molecule has 1 aliphatic rings. The average molecular weight is 312 g/mol. The van der Waals surface area contributed by atoms with Gasteiger partial charge in [0.05, 0.1) is 5.60 Å². The Bertz CT molecular complexity index is 397. The van der Waals surface area contributed by atoms with E-state index in [1.807, 2.05) is 0 Å². The van der Waals surface area contributed by atoms with Gasteiger partial charge in [-0.05, 0) is 37.5 Å². The second-order valence-corrected chi connectivity index (χ2v) is 6.31. The SMILES string of the molecule is Cc1ccc(NCC2(O)CCCCCC2)cc1Br. The molecule has 0 atom stereocenters. The summed E-state index contributed by atoms with van der Waals surface area (Å²) < 4.78 is 1.11. The van der Waals surface area contributed by atoms with E-state index in [0.717, 1.165) is 35.8 Å². The molecule has 0 bridgehead atoms. The third-order valence-electron chi connectivity index (χ3n) is 3.83. The van der Waals surface area contributed by atoms with Crippen LogP contribution in [0.2, 0.25) is 0 Å². The third kappa shape index (κ3) is 3.72. The van der Waals surface area contributed by atoms with Crippen molar-refractivity contribution in [3.63, 3.8) is 0 Å². The van der Waals surface area contributed by atoms with Gasteiger partial charge in [0.1, 0.15) is 0 Å². The summed E-state index contributed by atoms with van der Waals surface area (Å²) in [5, 5.41) is 13.9. The smallest absolute Gasteiger partial charge is 0.0819 e. The molecule has 0 unspecified atom stereocenters. The molecule has 2 rings (SSSR count). The topological polar surface area (TPSA) is 32.3 Å². The highest BCUT2D eigenvalue weighted by Crippen LogP contribution is 2.28. The van der Waals surface area contributed by atoms with Gasteiger partial charge in [0, 0.05) is 16.7 Å². The zero-order valence-electron chi connectivity index (χ0n) is 11.0. The van der Waals surface area contributed by atoms with Gasteiger partial charge in [0.25, 0.3) is 0 Å². The highest BCUT2D eigenvalue weighted by atomic mass is 79.9. The van der Waals surface area contributed by atoms with Crippen molar-refractivity contribution in [1.82, 2.24) is 0 Å². The molecule has 3 heteroatoms. The Morgan fingerprint density at radius 3 is 2.50 bits per heavy atom. The van der Waals surface area contributed by atoms with E-state index in [1.54, 1.807) is 0 Å². The monoisotopic (exact) mass is 311 g/mol. The predicted molar refractivity (Wildman–Crippen MR) is 80.0 cm³/mol. The molecule has 1 aliphatic carbocycles. The van der Waals surface area contributed by atoms with Crippen LogP contribution < -0.4 is 5.32 Å². The number of anilines is 1. The third-order valence-corrected chi connectivity index (χ3v) is 4.68. The molecule has 2 nitrogen and oxygen atoms in total. The lowest BCUT2D eigenvalue weighted by atomic mass is 9.94. The first-order valence-electron chi connectivity index (χ1n) is 6.81. The summed E-state index contributed by atoms with van der Waals surface area (Å²) in [7, 11) is 0. The normalized spacial score (nSPS) is 19.3. The Morgan fingerprint density at radius 1 is 1.22 bits per heavy atom. The van der Waals surface area contributed by atoms with Crippen molar-refractivity contribution < 1.29 is 5.11 Å². The second-order valence-electron chi connectivity index (χ2n) is 5.46. The van der Waals surface area contributed by atoms with Crippen molar-refractivity contribution in [3.05, 3.63) is 28.2 Å². The zero-order chi connectivity index (χ0) is 13.0. The lowest BCUT2D eigenvalue weighted by molar-refractivity contribution is 0.0381. The average Bonchev–Trinajstić information content (AvgIpc) is 2.56. The first-order valence-corrected chi connectivity index (χ1v) is 7.61. The van der Waals surface area contributed by atoms with Crippen LogP contribution in [0.4, 0.5) is 5.69 Å². The second kappa shape index (κ2) is 6.07. The quantitative estimate of drug-likeness (QED) is 0.818. The van der Waals surface area contributed by atoms with Crippen LogP contribution in [0.25, 0.3) is 0 Å². The number of nitrogens with one attached hydrogen (secondary N) is 1. The molecule has 1 saturated carbocycles. The molecule has 18 heavy (non-hydrogen) atoms. The van der Waals surface area contributed by atoms with Gasteiger partial charge >= 0.3 is 0 Å². The van der Waals surface area contributed by atoms with Crippen molar-refractivity contribution in [1.29, 1.82) is 0 Å². The molecule has 0 spiro atoms. The maximum Gasteiger partial charge on any atom is 0.0819 e. The molecule has 0 radical (unpaired) electrons. The van der Waals surface area contributed by atoms with Crippen LogP contribution in [0.15, 0.2) is 22.7 Å². The summed E-state index contributed by atoms with van der Waals surface area (Å²) >= 11 is 3.54. The largest absolute Gasteiger partial charge is 0.388 e. The van der Waals surface area contributed by atoms with Gasteiger partial charge in [0.15, 0.2) is 0 Å². The number of aliphatic hydroxyl groups is 1. The van der Waals surface area contributed by atoms with E-state index < -0.39 is 5.60 Å². The predicted octanol–water partition coefficient (Wildman–Crippen LogP) is 4.25. The number of hydrogen-bond acceptors (Lipinski definition) is 2. The molecule has 0 aliphatic heterocycles. The van der Waals surface area contributed by atoms with Gasteiger partial charge in [0.2, 0.25) is 0 Å². The Morgan fingerprint density at radius 2 is 1.89 bits per heavy atom. The van der Waals surface area contributed by atoms with Crippen LogP contribution in [0, 0.1) is 6.92 Å². The molecule has 1 aromatic carbocycles. The minimum absolute atomic E-state index is 0.520. The summed E-state index contributed by atoms with van der Waals surface area (Å²) in [6, 6.07) is 6.24. The molecule has 0 amide bonds. The Labute approximate surface area is 118 Å². The van der Waals surface area contributed by atoms with E-state index in [1.165, 1.54) is 18.4 Å². The summed E-state index contributed by atoms with van der Waals surface area (Å²) in [6.07, 6.45) is 6.67. The molecular formula is C15H22BrNO. The Balaban J connectivity index is 1.95. The highest BCUT2D eigenvalue weighted by molar-refractivity contribution is 9.10. The van der Waals surface area contributed by atoms with Crippen LogP contribution >= 0.6 is 15.9 Å².